The van der Waals surface area contributed by atoms with Crippen LogP contribution in [0.1, 0.15) is 0 Å². The van der Waals surface area contributed by atoms with Crippen LogP contribution in [0.15, 0.2) is 47.5 Å². The number of methoxy groups -OCH3 is 1. The van der Waals surface area contributed by atoms with Crippen molar-refractivity contribution in [1.29, 1.82) is 0 Å². The average Bonchev–Trinajstić information content (AvgIpc) is 2.47. The zero-order valence-electron chi connectivity index (χ0n) is 10.9. The summed E-state index contributed by atoms with van der Waals surface area (Å²) in [6, 6.07) is 9.29. The number of halogens is 1. The molecule has 0 aliphatic rings. The Morgan fingerprint density at radius 2 is 1.80 bits per heavy atom. The molecule has 0 aliphatic heterocycles. The van der Waals surface area contributed by atoms with Crippen LogP contribution in [0, 0.1) is 0 Å². The Bertz CT molecular complexity index is 685. The Labute approximate surface area is 122 Å². The zero-order valence-corrected chi connectivity index (χ0v) is 12.5. The fourth-order valence-corrected chi connectivity index (χ4v) is 2.85. The van der Waals surface area contributed by atoms with Gasteiger partial charge in [0.05, 0.1) is 17.0 Å². The molecule has 0 radical (unpaired) electrons. The monoisotopic (exact) mass is 312 g/mol. The molecule has 0 atom stereocenters. The van der Waals surface area contributed by atoms with Crippen LogP contribution in [0.25, 0.3) is 0 Å². The van der Waals surface area contributed by atoms with Gasteiger partial charge in [0.15, 0.2) is 0 Å². The van der Waals surface area contributed by atoms with Crippen molar-refractivity contribution in [3.63, 3.8) is 0 Å². The summed E-state index contributed by atoms with van der Waals surface area (Å²) in [5.41, 5.74) is 0. The number of nitrogens with zero attached hydrogens (tertiary/aromatic N) is 2. The highest BCUT2D eigenvalue weighted by Crippen LogP contribution is 2.22. The van der Waals surface area contributed by atoms with Gasteiger partial charge in [0, 0.05) is 13.2 Å². The van der Waals surface area contributed by atoms with Gasteiger partial charge in [-0.25, -0.2) is 13.4 Å². The fourth-order valence-electron chi connectivity index (χ4n) is 1.58. The number of ether oxygens (including phenoxy) is 1. The molecule has 0 saturated heterocycles. The summed E-state index contributed by atoms with van der Waals surface area (Å²) < 4.78 is 31.0. The first-order valence-electron chi connectivity index (χ1n) is 5.69. The van der Waals surface area contributed by atoms with Crippen molar-refractivity contribution in [2.45, 2.75) is 4.90 Å². The van der Waals surface area contributed by atoms with Crippen molar-refractivity contribution in [3.8, 4) is 5.75 Å². The van der Waals surface area contributed by atoms with E-state index in [1.807, 2.05) is 0 Å². The minimum atomic E-state index is -3.66. The molecular formula is C13H13ClN2O3S. The van der Waals surface area contributed by atoms with E-state index >= 15 is 0 Å². The molecule has 5 nitrogen and oxygen atoms in total. The first-order chi connectivity index (χ1) is 9.45. The second-order valence-corrected chi connectivity index (χ2v) is 6.39. The maximum Gasteiger partial charge on any atom is 0.265 e. The number of pyridine rings is 1. The lowest BCUT2D eigenvalue weighted by Crippen LogP contribution is -2.27. The molecule has 0 bridgehead atoms. The van der Waals surface area contributed by atoms with Crippen LogP contribution in [0.4, 0.5) is 5.82 Å². The molecule has 0 spiro atoms. The van der Waals surface area contributed by atoms with E-state index in [-0.39, 0.29) is 4.90 Å². The van der Waals surface area contributed by atoms with Crippen LogP contribution < -0.4 is 9.04 Å². The summed E-state index contributed by atoms with van der Waals surface area (Å²) in [6.07, 6.45) is 1.40. The van der Waals surface area contributed by atoms with E-state index in [2.05, 4.69) is 4.98 Å². The predicted molar refractivity (Wildman–Crippen MR) is 77.8 cm³/mol. The normalized spacial score (nSPS) is 11.2. The largest absolute Gasteiger partial charge is 0.497 e. The molecule has 1 aromatic heterocycles. The van der Waals surface area contributed by atoms with Gasteiger partial charge in [-0.05, 0) is 36.4 Å². The number of benzene rings is 1. The van der Waals surface area contributed by atoms with Gasteiger partial charge >= 0.3 is 0 Å². The minimum absolute atomic E-state index is 0.164. The molecular weight excluding hydrogens is 300 g/mol. The van der Waals surface area contributed by atoms with Crippen LogP contribution in [-0.2, 0) is 10.0 Å². The van der Waals surface area contributed by atoms with E-state index in [0.29, 0.717) is 16.6 Å². The Morgan fingerprint density at radius 1 is 1.15 bits per heavy atom. The van der Waals surface area contributed by atoms with Gasteiger partial charge < -0.3 is 4.74 Å². The van der Waals surface area contributed by atoms with Gasteiger partial charge in [-0.2, -0.15) is 0 Å². The number of sulfonamides is 1. The molecule has 2 rings (SSSR count). The molecule has 1 heterocycles. The van der Waals surface area contributed by atoms with Crippen molar-refractivity contribution in [1.82, 2.24) is 4.98 Å². The van der Waals surface area contributed by atoms with E-state index in [1.54, 1.807) is 24.3 Å². The van der Waals surface area contributed by atoms with Crippen LogP contribution in [0.2, 0.25) is 5.02 Å². The topological polar surface area (TPSA) is 59.5 Å². The van der Waals surface area contributed by atoms with Gasteiger partial charge in [0.1, 0.15) is 11.6 Å². The van der Waals surface area contributed by atoms with Crippen molar-refractivity contribution in [2.24, 2.45) is 0 Å². The SMILES string of the molecule is COc1ccc(S(=O)(=O)N(C)c2ccc(Cl)cn2)cc1. The molecule has 0 saturated carbocycles. The third-order valence-corrected chi connectivity index (χ3v) is 4.75. The number of aromatic nitrogens is 1. The Morgan fingerprint density at radius 3 is 2.30 bits per heavy atom. The quantitative estimate of drug-likeness (QED) is 0.870. The smallest absolute Gasteiger partial charge is 0.265 e. The highest BCUT2D eigenvalue weighted by molar-refractivity contribution is 7.92. The summed E-state index contributed by atoms with van der Waals surface area (Å²) in [5, 5.41) is 0.448. The van der Waals surface area contributed by atoms with Crippen molar-refractivity contribution in [2.75, 3.05) is 18.5 Å². The summed E-state index contributed by atoms with van der Waals surface area (Å²) in [7, 11) is -0.696. The number of rotatable bonds is 4. The summed E-state index contributed by atoms with van der Waals surface area (Å²) in [4.78, 5) is 4.16. The second-order valence-electron chi connectivity index (χ2n) is 3.98. The third kappa shape index (κ3) is 2.86. The van der Waals surface area contributed by atoms with Gasteiger partial charge in [-0.1, -0.05) is 11.6 Å². The predicted octanol–water partition coefficient (Wildman–Crippen LogP) is 2.57. The van der Waals surface area contributed by atoms with Gasteiger partial charge in [0.2, 0.25) is 0 Å². The number of hydrogen-bond acceptors (Lipinski definition) is 4. The molecule has 106 valence electrons. The van der Waals surface area contributed by atoms with E-state index in [9.17, 15) is 8.42 Å². The molecule has 2 aromatic rings. The molecule has 20 heavy (non-hydrogen) atoms. The highest BCUT2D eigenvalue weighted by atomic mass is 35.5. The molecule has 1 aromatic carbocycles. The summed E-state index contributed by atoms with van der Waals surface area (Å²) >= 11 is 5.74. The zero-order chi connectivity index (χ0) is 14.8. The Kier molecular flexibility index (Phi) is 4.15. The number of hydrogen-bond donors (Lipinski definition) is 0. The van der Waals surface area contributed by atoms with E-state index < -0.39 is 10.0 Å². The molecule has 7 heteroatoms. The van der Waals surface area contributed by atoms with Crippen molar-refractivity contribution in [3.05, 3.63) is 47.6 Å². The number of anilines is 1. The molecule has 0 fully saturated rings. The Hall–Kier alpha value is -1.79. The second kappa shape index (κ2) is 5.68. The molecule has 0 N–H and O–H groups in total. The van der Waals surface area contributed by atoms with Gasteiger partial charge in [0.25, 0.3) is 10.0 Å². The minimum Gasteiger partial charge on any atom is -0.497 e. The van der Waals surface area contributed by atoms with Crippen molar-refractivity contribution >= 4 is 27.4 Å². The standard InChI is InChI=1S/C13H13ClN2O3S/c1-16(13-8-3-10(14)9-15-13)20(17,18)12-6-4-11(19-2)5-7-12/h3-9H,1-2H3. The molecule has 0 amide bonds. The third-order valence-electron chi connectivity index (χ3n) is 2.75. The van der Waals surface area contributed by atoms with E-state index in [0.717, 1.165) is 4.31 Å². The van der Waals surface area contributed by atoms with Crippen LogP contribution in [0.3, 0.4) is 0 Å². The first-order valence-corrected chi connectivity index (χ1v) is 7.51. The lowest BCUT2D eigenvalue weighted by Gasteiger charge is -2.18. The molecule has 0 aliphatic carbocycles. The average molecular weight is 313 g/mol. The van der Waals surface area contributed by atoms with Crippen molar-refractivity contribution < 1.29 is 13.2 Å². The van der Waals surface area contributed by atoms with Crippen LogP contribution in [-0.4, -0.2) is 27.6 Å². The maximum absolute atomic E-state index is 12.4. The maximum atomic E-state index is 12.4. The summed E-state index contributed by atoms with van der Waals surface area (Å²) in [6.45, 7) is 0. The fraction of sp³-hybridized carbons (Fsp3) is 0.154. The lowest BCUT2D eigenvalue weighted by molar-refractivity contribution is 0.414. The van der Waals surface area contributed by atoms with E-state index in [1.165, 1.54) is 32.5 Å². The van der Waals surface area contributed by atoms with E-state index in [4.69, 9.17) is 16.3 Å². The van der Waals surface area contributed by atoms with Gasteiger partial charge in [-0.3, -0.25) is 4.31 Å². The van der Waals surface area contributed by atoms with Crippen LogP contribution in [0.5, 0.6) is 5.75 Å². The van der Waals surface area contributed by atoms with Crippen LogP contribution >= 0.6 is 11.6 Å². The Balaban J connectivity index is 2.35. The highest BCUT2D eigenvalue weighted by Gasteiger charge is 2.22. The first kappa shape index (κ1) is 14.6. The van der Waals surface area contributed by atoms with Gasteiger partial charge in [-0.15, -0.1) is 0 Å². The summed E-state index contributed by atoms with van der Waals surface area (Å²) in [5.74, 6) is 0.890. The molecule has 0 unspecified atom stereocenters. The lowest BCUT2D eigenvalue weighted by atomic mass is 10.3.